The molecule has 0 atom stereocenters. The third-order valence-electron chi connectivity index (χ3n) is 3.93. The molecule has 2 N–H and O–H groups in total. The van der Waals surface area contributed by atoms with Crippen molar-refractivity contribution in [3.63, 3.8) is 0 Å². The standard InChI is InChI=1S/C21H18BrFN2O4/c1-13-10-15(4-8-18(13)22)25-20(26)11-24-21(27)19-9-7-17(29-19)12-28-16-5-2-14(23)3-6-16/h2-10H,11-12H2,1H3,(H,24,27)(H,25,26). The van der Waals surface area contributed by atoms with Crippen molar-refractivity contribution in [2.45, 2.75) is 13.5 Å². The summed E-state index contributed by atoms with van der Waals surface area (Å²) < 4.78 is 24.7. The van der Waals surface area contributed by atoms with E-state index in [0.717, 1.165) is 10.0 Å². The molecule has 1 aromatic heterocycles. The van der Waals surface area contributed by atoms with Gasteiger partial charge in [-0.15, -0.1) is 0 Å². The number of carbonyl (C=O) groups excluding carboxylic acids is 2. The number of carbonyl (C=O) groups is 2. The number of nitrogens with one attached hydrogen (secondary N) is 2. The van der Waals surface area contributed by atoms with Crippen LogP contribution in [0.4, 0.5) is 10.1 Å². The number of ether oxygens (including phenoxy) is 1. The summed E-state index contributed by atoms with van der Waals surface area (Å²) in [6.07, 6.45) is 0. The first-order valence-corrected chi connectivity index (χ1v) is 9.51. The highest BCUT2D eigenvalue weighted by Crippen LogP contribution is 2.20. The molecule has 0 aliphatic carbocycles. The Bertz CT molecular complexity index is 1020. The van der Waals surface area contributed by atoms with E-state index in [1.807, 2.05) is 19.1 Å². The smallest absolute Gasteiger partial charge is 0.287 e. The number of hydrogen-bond donors (Lipinski definition) is 2. The number of halogens is 2. The molecule has 0 fully saturated rings. The molecule has 1 heterocycles. The predicted octanol–water partition coefficient (Wildman–Crippen LogP) is 4.44. The molecule has 8 heteroatoms. The zero-order chi connectivity index (χ0) is 20.8. The quantitative estimate of drug-likeness (QED) is 0.546. The van der Waals surface area contributed by atoms with Gasteiger partial charge in [-0.2, -0.15) is 0 Å². The number of aryl methyl sites for hydroxylation is 1. The maximum absolute atomic E-state index is 12.9. The van der Waals surface area contributed by atoms with Crippen molar-refractivity contribution < 1.29 is 23.1 Å². The molecular weight excluding hydrogens is 443 g/mol. The van der Waals surface area contributed by atoms with E-state index < -0.39 is 5.91 Å². The Kier molecular flexibility index (Phi) is 6.66. The summed E-state index contributed by atoms with van der Waals surface area (Å²) in [6, 6.07) is 14.1. The SMILES string of the molecule is Cc1cc(NC(=O)CNC(=O)c2ccc(COc3ccc(F)cc3)o2)ccc1Br. The van der Waals surface area contributed by atoms with Crippen molar-refractivity contribution in [2.24, 2.45) is 0 Å². The Hall–Kier alpha value is -3.13. The van der Waals surface area contributed by atoms with E-state index in [-0.39, 0.29) is 30.6 Å². The molecule has 0 aliphatic heterocycles. The number of rotatable bonds is 7. The number of benzene rings is 2. The third kappa shape index (κ3) is 5.92. The van der Waals surface area contributed by atoms with Gasteiger partial charge in [-0.1, -0.05) is 15.9 Å². The first-order chi connectivity index (χ1) is 13.9. The Morgan fingerprint density at radius 2 is 1.86 bits per heavy atom. The van der Waals surface area contributed by atoms with E-state index in [2.05, 4.69) is 26.6 Å². The number of anilines is 1. The van der Waals surface area contributed by atoms with E-state index in [1.165, 1.54) is 30.3 Å². The third-order valence-corrected chi connectivity index (χ3v) is 4.82. The predicted molar refractivity (Wildman–Crippen MR) is 109 cm³/mol. The second-order valence-electron chi connectivity index (χ2n) is 6.20. The Balaban J connectivity index is 1.47. The van der Waals surface area contributed by atoms with Crippen LogP contribution in [0, 0.1) is 12.7 Å². The summed E-state index contributed by atoms with van der Waals surface area (Å²) in [7, 11) is 0. The second kappa shape index (κ2) is 9.38. The summed E-state index contributed by atoms with van der Waals surface area (Å²) in [5.41, 5.74) is 1.63. The van der Waals surface area contributed by atoms with Gasteiger partial charge in [0.25, 0.3) is 5.91 Å². The van der Waals surface area contributed by atoms with E-state index in [9.17, 15) is 14.0 Å². The fourth-order valence-corrected chi connectivity index (χ4v) is 2.68. The minimum Gasteiger partial charge on any atom is -0.486 e. The normalized spacial score (nSPS) is 10.4. The number of furan rings is 1. The van der Waals surface area contributed by atoms with Gasteiger partial charge < -0.3 is 19.8 Å². The molecule has 0 bridgehead atoms. The lowest BCUT2D eigenvalue weighted by molar-refractivity contribution is -0.115. The summed E-state index contributed by atoms with van der Waals surface area (Å²) in [5, 5.41) is 5.21. The molecule has 2 aromatic carbocycles. The zero-order valence-corrected chi connectivity index (χ0v) is 17.1. The fourth-order valence-electron chi connectivity index (χ4n) is 2.44. The first-order valence-electron chi connectivity index (χ1n) is 8.72. The largest absolute Gasteiger partial charge is 0.486 e. The van der Waals surface area contributed by atoms with Crippen molar-refractivity contribution >= 4 is 33.4 Å². The molecule has 0 aliphatic rings. The molecule has 150 valence electrons. The van der Waals surface area contributed by atoms with E-state index in [4.69, 9.17) is 9.15 Å². The van der Waals surface area contributed by atoms with Gasteiger partial charge in [0, 0.05) is 10.2 Å². The molecule has 3 rings (SSSR count). The van der Waals surface area contributed by atoms with Gasteiger partial charge in [0.05, 0.1) is 6.54 Å². The van der Waals surface area contributed by atoms with Crippen LogP contribution in [0.15, 0.2) is 63.5 Å². The van der Waals surface area contributed by atoms with Crippen LogP contribution in [0.3, 0.4) is 0 Å². The maximum Gasteiger partial charge on any atom is 0.287 e. The zero-order valence-electron chi connectivity index (χ0n) is 15.5. The molecule has 29 heavy (non-hydrogen) atoms. The lowest BCUT2D eigenvalue weighted by atomic mass is 10.2. The van der Waals surface area contributed by atoms with Crippen LogP contribution >= 0.6 is 15.9 Å². The first kappa shape index (κ1) is 20.6. The van der Waals surface area contributed by atoms with Crippen LogP contribution in [0.25, 0.3) is 0 Å². The van der Waals surface area contributed by atoms with Gasteiger partial charge in [-0.05, 0) is 67.1 Å². The van der Waals surface area contributed by atoms with Crippen molar-refractivity contribution in [3.05, 3.63) is 82.0 Å². The minimum absolute atomic E-state index is 0.0648. The van der Waals surface area contributed by atoms with Crippen molar-refractivity contribution in [1.29, 1.82) is 0 Å². The van der Waals surface area contributed by atoms with Crippen LogP contribution in [0.2, 0.25) is 0 Å². The van der Waals surface area contributed by atoms with E-state index in [0.29, 0.717) is 17.2 Å². The van der Waals surface area contributed by atoms with Crippen LogP contribution < -0.4 is 15.4 Å². The Morgan fingerprint density at radius 1 is 1.10 bits per heavy atom. The van der Waals surface area contributed by atoms with Crippen LogP contribution in [-0.4, -0.2) is 18.4 Å². The molecule has 0 radical (unpaired) electrons. The molecular formula is C21H18BrFN2O4. The maximum atomic E-state index is 12.9. The van der Waals surface area contributed by atoms with Gasteiger partial charge in [-0.25, -0.2) is 4.39 Å². The molecule has 0 unspecified atom stereocenters. The van der Waals surface area contributed by atoms with Gasteiger partial charge in [0.1, 0.15) is 23.9 Å². The highest BCUT2D eigenvalue weighted by atomic mass is 79.9. The monoisotopic (exact) mass is 460 g/mol. The lowest BCUT2D eigenvalue weighted by Gasteiger charge is -2.08. The highest BCUT2D eigenvalue weighted by Gasteiger charge is 2.13. The molecule has 0 spiro atoms. The highest BCUT2D eigenvalue weighted by molar-refractivity contribution is 9.10. The molecule has 6 nitrogen and oxygen atoms in total. The summed E-state index contributed by atoms with van der Waals surface area (Å²) in [5.74, 6) is -0.252. The average molecular weight is 461 g/mol. The average Bonchev–Trinajstić information content (AvgIpc) is 3.18. The van der Waals surface area contributed by atoms with Crippen molar-refractivity contribution in [1.82, 2.24) is 5.32 Å². The van der Waals surface area contributed by atoms with Crippen LogP contribution in [0.1, 0.15) is 21.9 Å². The fraction of sp³-hybridized carbons (Fsp3) is 0.143. The van der Waals surface area contributed by atoms with Crippen LogP contribution in [-0.2, 0) is 11.4 Å². The molecule has 2 amide bonds. The summed E-state index contributed by atoms with van der Waals surface area (Å²) in [4.78, 5) is 24.2. The topological polar surface area (TPSA) is 80.6 Å². The molecule has 0 saturated heterocycles. The Labute approximate surface area is 175 Å². The van der Waals surface area contributed by atoms with Gasteiger partial charge in [0.2, 0.25) is 5.91 Å². The lowest BCUT2D eigenvalue weighted by Crippen LogP contribution is -2.32. The molecule has 0 saturated carbocycles. The second-order valence-corrected chi connectivity index (χ2v) is 7.06. The van der Waals surface area contributed by atoms with Crippen LogP contribution in [0.5, 0.6) is 5.75 Å². The number of hydrogen-bond acceptors (Lipinski definition) is 4. The van der Waals surface area contributed by atoms with Crippen molar-refractivity contribution in [3.8, 4) is 5.75 Å². The molecule has 3 aromatic rings. The van der Waals surface area contributed by atoms with E-state index in [1.54, 1.807) is 12.1 Å². The van der Waals surface area contributed by atoms with Gasteiger partial charge in [-0.3, -0.25) is 9.59 Å². The summed E-state index contributed by atoms with van der Waals surface area (Å²) >= 11 is 3.40. The minimum atomic E-state index is -0.514. The Morgan fingerprint density at radius 3 is 2.59 bits per heavy atom. The van der Waals surface area contributed by atoms with Crippen molar-refractivity contribution in [2.75, 3.05) is 11.9 Å². The van der Waals surface area contributed by atoms with E-state index >= 15 is 0 Å². The van der Waals surface area contributed by atoms with Gasteiger partial charge >= 0.3 is 0 Å². The number of amides is 2. The summed E-state index contributed by atoms with van der Waals surface area (Å²) in [6.45, 7) is 1.80. The van der Waals surface area contributed by atoms with Gasteiger partial charge in [0.15, 0.2) is 5.76 Å².